The third-order valence-corrected chi connectivity index (χ3v) is 6.63. The van der Waals surface area contributed by atoms with E-state index in [2.05, 4.69) is 24.6 Å². The first kappa shape index (κ1) is 22.4. The van der Waals surface area contributed by atoms with E-state index in [1.165, 1.54) is 6.92 Å². The molecule has 2 atom stereocenters. The molecule has 0 radical (unpaired) electrons. The first-order valence-electron chi connectivity index (χ1n) is 10.3. The second kappa shape index (κ2) is 10.2. The minimum Gasteiger partial charge on any atom is -0.292 e. The Hall–Kier alpha value is -3.24. The van der Waals surface area contributed by atoms with E-state index in [0.717, 1.165) is 30.5 Å². The molecule has 1 amide bonds. The Morgan fingerprint density at radius 2 is 2.16 bits per heavy atom. The van der Waals surface area contributed by atoms with Crippen LogP contribution < -0.4 is 0 Å². The molecule has 0 spiro atoms. The zero-order chi connectivity index (χ0) is 22.4. The molecule has 31 heavy (non-hydrogen) atoms. The summed E-state index contributed by atoms with van der Waals surface area (Å²) in [5, 5.41) is 9.23. The lowest BCUT2D eigenvalue weighted by atomic mass is 9.94. The van der Waals surface area contributed by atoms with Crippen LogP contribution in [0.3, 0.4) is 0 Å². The quantitative estimate of drug-likeness (QED) is 0.590. The van der Waals surface area contributed by atoms with Crippen LogP contribution >= 0.6 is 0 Å². The van der Waals surface area contributed by atoms with E-state index in [1.54, 1.807) is 45.7 Å². The van der Waals surface area contributed by atoms with Gasteiger partial charge in [0.15, 0.2) is 11.0 Å². The van der Waals surface area contributed by atoms with E-state index >= 15 is 0 Å². The molecule has 0 fully saturated rings. The summed E-state index contributed by atoms with van der Waals surface area (Å²) in [6.07, 6.45) is 6.21. The first-order chi connectivity index (χ1) is 15.0. The van der Waals surface area contributed by atoms with Crippen LogP contribution in [-0.4, -0.2) is 30.3 Å². The van der Waals surface area contributed by atoms with Crippen molar-refractivity contribution in [1.82, 2.24) is 14.2 Å². The van der Waals surface area contributed by atoms with Crippen LogP contribution in [0.5, 0.6) is 0 Å². The number of benzene rings is 1. The lowest BCUT2D eigenvalue weighted by molar-refractivity contribution is -0.128. The van der Waals surface area contributed by atoms with Crippen LogP contribution in [0.4, 0.5) is 0 Å². The number of rotatable bonds is 9. The Kier molecular flexibility index (Phi) is 7.37. The Balaban J connectivity index is 2.03. The van der Waals surface area contributed by atoms with Gasteiger partial charge in [0.05, 0.1) is 34.8 Å². The molecule has 3 rings (SSSR count). The minimum absolute atomic E-state index is 0.107. The maximum Gasteiger partial charge on any atom is 0.225 e. The molecule has 0 bridgehead atoms. The van der Waals surface area contributed by atoms with Crippen LogP contribution in [0.25, 0.3) is 0 Å². The van der Waals surface area contributed by atoms with E-state index in [9.17, 15) is 14.3 Å². The summed E-state index contributed by atoms with van der Waals surface area (Å²) < 4.78 is 15.4. The van der Waals surface area contributed by atoms with E-state index in [4.69, 9.17) is 0 Å². The van der Waals surface area contributed by atoms with Gasteiger partial charge in [0.1, 0.15) is 5.82 Å². The summed E-state index contributed by atoms with van der Waals surface area (Å²) in [7, 11) is -1.57. The van der Waals surface area contributed by atoms with Crippen molar-refractivity contribution in [1.29, 1.82) is 5.26 Å². The largest absolute Gasteiger partial charge is 0.292 e. The fraction of sp³-hybridized carbons (Fsp3) is 0.292. The van der Waals surface area contributed by atoms with Crippen molar-refractivity contribution in [3.8, 4) is 6.07 Å². The average Bonchev–Trinajstić information content (AvgIpc) is 2.78. The number of carbonyl (C=O) groups excluding carboxylic acids is 1. The number of carbonyl (C=O) groups is 1. The SMILES string of the molecule is C=CC1=C(N(Cc2ccccn2)C(C)=O)N(S(=O)c2cccc(C#N)c2)[C@H]1CCCC. The van der Waals surface area contributed by atoms with Gasteiger partial charge in [-0.3, -0.25) is 19.0 Å². The molecule has 160 valence electrons. The second-order valence-electron chi connectivity index (χ2n) is 7.28. The number of hydrogen-bond donors (Lipinski definition) is 0. The van der Waals surface area contributed by atoms with E-state index in [-0.39, 0.29) is 18.5 Å². The number of amides is 1. The molecule has 0 aliphatic carbocycles. The Morgan fingerprint density at radius 1 is 1.35 bits per heavy atom. The van der Waals surface area contributed by atoms with Crippen LogP contribution in [0.15, 0.2) is 77.6 Å². The van der Waals surface area contributed by atoms with Crippen LogP contribution in [0.2, 0.25) is 0 Å². The molecule has 1 aliphatic rings. The van der Waals surface area contributed by atoms with Gasteiger partial charge in [0.2, 0.25) is 5.91 Å². The lowest BCUT2D eigenvalue weighted by Crippen LogP contribution is -2.53. The Morgan fingerprint density at radius 3 is 2.77 bits per heavy atom. The number of hydrogen-bond acceptors (Lipinski definition) is 4. The molecule has 7 heteroatoms. The highest BCUT2D eigenvalue weighted by atomic mass is 32.2. The fourth-order valence-electron chi connectivity index (χ4n) is 3.63. The number of nitrogens with zero attached hydrogens (tertiary/aromatic N) is 4. The Bertz CT molecular complexity index is 1060. The smallest absolute Gasteiger partial charge is 0.225 e. The summed E-state index contributed by atoms with van der Waals surface area (Å²) >= 11 is 0. The molecule has 0 saturated heterocycles. The summed E-state index contributed by atoms with van der Waals surface area (Å²) in [4.78, 5) is 19.1. The predicted molar refractivity (Wildman–Crippen MR) is 120 cm³/mol. The zero-order valence-electron chi connectivity index (χ0n) is 17.8. The highest BCUT2D eigenvalue weighted by Gasteiger charge is 2.43. The third-order valence-electron chi connectivity index (χ3n) is 5.19. The molecule has 6 nitrogen and oxygen atoms in total. The normalized spacial score (nSPS) is 16.3. The second-order valence-corrected chi connectivity index (χ2v) is 8.65. The van der Waals surface area contributed by atoms with Gasteiger partial charge in [-0.05, 0) is 36.8 Å². The molecular weight excluding hydrogens is 408 g/mol. The fourth-order valence-corrected chi connectivity index (χ4v) is 5.09. The summed E-state index contributed by atoms with van der Waals surface area (Å²) in [6.45, 7) is 7.83. The van der Waals surface area contributed by atoms with Crippen molar-refractivity contribution in [2.24, 2.45) is 0 Å². The van der Waals surface area contributed by atoms with Gasteiger partial charge in [-0.1, -0.05) is 44.6 Å². The molecule has 1 unspecified atom stereocenters. The topological polar surface area (TPSA) is 77.3 Å². The van der Waals surface area contributed by atoms with Crippen molar-refractivity contribution >= 4 is 16.9 Å². The standard InChI is InChI=1S/C24H26N4O2S/c1-4-6-13-23-22(5-2)24(27(18(3)29)17-20-11-7-8-14-26-20)28(23)31(30)21-12-9-10-19(15-21)16-25/h5,7-12,14-15,23H,2,4,6,13,17H2,1,3H3/t23-,31?/m0/s1. The highest BCUT2D eigenvalue weighted by molar-refractivity contribution is 7.83. The Labute approximate surface area is 186 Å². The van der Waals surface area contributed by atoms with Crippen molar-refractivity contribution in [2.75, 3.05) is 0 Å². The summed E-state index contributed by atoms with van der Waals surface area (Å²) in [5.41, 5.74) is 2.09. The first-order valence-corrected chi connectivity index (χ1v) is 11.4. The van der Waals surface area contributed by atoms with Gasteiger partial charge in [-0.25, -0.2) is 4.21 Å². The third kappa shape index (κ3) is 4.75. The molecule has 0 N–H and O–H groups in total. The number of pyridine rings is 1. The molecule has 1 aliphatic heterocycles. The predicted octanol–water partition coefficient (Wildman–Crippen LogP) is 4.30. The van der Waals surface area contributed by atoms with E-state index < -0.39 is 11.0 Å². The van der Waals surface area contributed by atoms with E-state index in [0.29, 0.717) is 16.3 Å². The molecule has 2 heterocycles. The van der Waals surface area contributed by atoms with Gasteiger partial charge in [-0.15, -0.1) is 0 Å². The van der Waals surface area contributed by atoms with Gasteiger partial charge < -0.3 is 0 Å². The maximum absolute atomic E-state index is 13.6. The molecule has 1 aromatic carbocycles. The number of aromatic nitrogens is 1. The van der Waals surface area contributed by atoms with Gasteiger partial charge in [-0.2, -0.15) is 5.26 Å². The molecular formula is C24H26N4O2S. The van der Waals surface area contributed by atoms with Crippen LogP contribution in [0.1, 0.15) is 44.4 Å². The van der Waals surface area contributed by atoms with Crippen LogP contribution in [0, 0.1) is 11.3 Å². The van der Waals surface area contributed by atoms with Gasteiger partial charge >= 0.3 is 0 Å². The maximum atomic E-state index is 13.6. The van der Waals surface area contributed by atoms with Crippen LogP contribution in [-0.2, 0) is 22.3 Å². The number of unbranched alkanes of at least 4 members (excludes halogenated alkanes) is 1. The summed E-state index contributed by atoms with van der Waals surface area (Å²) in [6, 6.07) is 14.3. The minimum atomic E-state index is -1.57. The van der Waals surface area contributed by atoms with Gasteiger partial charge in [0.25, 0.3) is 0 Å². The molecule has 1 aromatic heterocycles. The highest BCUT2D eigenvalue weighted by Crippen LogP contribution is 2.40. The summed E-state index contributed by atoms with van der Waals surface area (Å²) in [5.74, 6) is 0.427. The zero-order valence-corrected chi connectivity index (χ0v) is 18.6. The van der Waals surface area contributed by atoms with Crippen molar-refractivity contribution in [3.63, 3.8) is 0 Å². The number of nitriles is 1. The lowest BCUT2D eigenvalue weighted by Gasteiger charge is -2.48. The molecule has 0 saturated carbocycles. The van der Waals surface area contributed by atoms with Crippen molar-refractivity contribution in [2.45, 2.75) is 50.6 Å². The monoisotopic (exact) mass is 434 g/mol. The molecule has 2 aromatic rings. The average molecular weight is 435 g/mol. The van der Waals surface area contributed by atoms with E-state index in [1.807, 2.05) is 18.2 Å². The van der Waals surface area contributed by atoms with Crippen molar-refractivity contribution < 1.29 is 9.00 Å². The van der Waals surface area contributed by atoms with Gasteiger partial charge in [0, 0.05) is 18.7 Å². The van der Waals surface area contributed by atoms with Crippen molar-refractivity contribution in [3.05, 3.63) is 84.0 Å².